The van der Waals surface area contributed by atoms with Gasteiger partial charge in [0.15, 0.2) is 0 Å². The van der Waals surface area contributed by atoms with Crippen LogP contribution in [0.15, 0.2) is 42.9 Å². The number of rotatable bonds is 7. The third-order valence-electron chi connectivity index (χ3n) is 5.80. The van der Waals surface area contributed by atoms with Gasteiger partial charge in [0.05, 0.1) is 6.33 Å². The lowest BCUT2D eigenvalue weighted by Gasteiger charge is -2.40. The van der Waals surface area contributed by atoms with Crippen LogP contribution in [0.4, 0.5) is 4.79 Å². The Morgan fingerprint density at radius 1 is 1.27 bits per heavy atom. The number of carbonyl (C=O) groups is 3. The number of likely N-dealkylation sites (tertiary alicyclic amines) is 1. The Morgan fingerprint density at radius 2 is 1.97 bits per heavy atom. The molecule has 9 nitrogen and oxygen atoms in total. The van der Waals surface area contributed by atoms with Gasteiger partial charge in [0, 0.05) is 31.4 Å². The van der Waals surface area contributed by atoms with Crippen LogP contribution in [-0.2, 0) is 27.3 Å². The van der Waals surface area contributed by atoms with Gasteiger partial charge in [-0.3, -0.25) is 9.69 Å². The monoisotopic (exact) mass is 456 g/mol. The summed E-state index contributed by atoms with van der Waals surface area (Å²) in [5, 5.41) is 10.1. The molecule has 3 rings (SSSR count). The van der Waals surface area contributed by atoms with Crippen molar-refractivity contribution in [2.24, 2.45) is 0 Å². The normalized spacial score (nSPS) is 19.2. The number of hydrogen-bond donors (Lipinski definition) is 2. The minimum absolute atomic E-state index is 0.0659. The predicted molar refractivity (Wildman–Crippen MR) is 121 cm³/mol. The first-order chi connectivity index (χ1) is 15.5. The van der Waals surface area contributed by atoms with Crippen molar-refractivity contribution in [1.29, 1.82) is 0 Å². The van der Waals surface area contributed by atoms with Gasteiger partial charge in [0.25, 0.3) is 0 Å². The van der Waals surface area contributed by atoms with Crippen LogP contribution < -0.4 is 0 Å². The van der Waals surface area contributed by atoms with Crippen molar-refractivity contribution in [1.82, 2.24) is 19.8 Å². The summed E-state index contributed by atoms with van der Waals surface area (Å²) in [5.74, 6) is -1.54. The number of aliphatic carboxylic acids is 1. The molecule has 0 aliphatic carbocycles. The molecule has 33 heavy (non-hydrogen) atoms. The van der Waals surface area contributed by atoms with E-state index in [0.29, 0.717) is 25.1 Å². The first-order valence-corrected chi connectivity index (χ1v) is 11.1. The molecule has 1 saturated heterocycles. The van der Waals surface area contributed by atoms with Crippen LogP contribution in [0.25, 0.3) is 0 Å². The fourth-order valence-electron chi connectivity index (χ4n) is 4.14. The molecule has 9 heteroatoms. The summed E-state index contributed by atoms with van der Waals surface area (Å²) in [6.45, 7) is 7.47. The Labute approximate surface area is 193 Å². The smallest absolute Gasteiger partial charge is 0.411 e. The molecule has 0 radical (unpaired) electrons. The van der Waals surface area contributed by atoms with E-state index < -0.39 is 35.2 Å². The number of hydrogen-bond acceptors (Lipinski definition) is 5. The van der Waals surface area contributed by atoms with Crippen molar-refractivity contribution in [3.63, 3.8) is 0 Å². The molecule has 1 aromatic heterocycles. The van der Waals surface area contributed by atoms with Gasteiger partial charge in [-0.2, -0.15) is 0 Å². The van der Waals surface area contributed by atoms with Crippen LogP contribution in [-0.4, -0.2) is 66.6 Å². The first kappa shape index (κ1) is 24.3. The van der Waals surface area contributed by atoms with E-state index in [1.807, 2.05) is 30.3 Å². The second kappa shape index (κ2) is 9.64. The lowest BCUT2D eigenvalue weighted by molar-refractivity contribution is -0.155. The number of ether oxygens (including phenoxy) is 1. The largest absolute Gasteiger partial charge is 0.480 e. The summed E-state index contributed by atoms with van der Waals surface area (Å²) in [6, 6.07) is 8.09. The maximum Gasteiger partial charge on any atom is 0.411 e. The highest BCUT2D eigenvalue weighted by molar-refractivity contribution is 5.93. The number of amides is 2. The molecule has 0 bridgehead atoms. The van der Waals surface area contributed by atoms with Gasteiger partial charge in [-0.15, -0.1) is 0 Å². The molecule has 1 aliphatic rings. The maximum absolute atomic E-state index is 14.0. The molecule has 2 heterocycles. The average molecular weight is 457 g/mol. The van der Waals surface area contributed by atoms with Crippen molar-refractivity contribution in [2.75, 3.05) is 6.54 Å². The molecule has 2 amide bonds. The van der Waals surface area contributed by atoms with E-state index in [-0.39, 0.29) is 13.0 Å². The highest BCUT2D eigenvalue weighted by Crippen LogP contribution is 2.34. The molecule has 1 unspecified atom stereocenters. The van der Waals surface area contributed by atoms with Gasteiger partial charge >= 0.3 is 12.1 Å². The molecule has 1 aliphatic heterocycles. The van der Waals surface area contributed by atoms with Crippen molar-refractivity contribution in [3.05, 3.63) is 54.1 Å². The topological polar surface area (TPSA) is 116 Å². The summed E-state index contributed by atoms with van der Waals surface area (Å²) in [5.41, 5.74) is -0.517. The third-order valence-corrected chi connectivity index (χ3v) is 5.80. The molecule has 1 aromatic carbocycles. The fraction of sp³-hybridized carbons (Fsp3) is 0.500. The van der Waals surface area contributed by atoms with Crippen LogP contribution in [0.3, 0.4) is 0 Å². The summed E-state index contributed by atoms with van der Waals surface area (Å²) in [7, 11) is 0. The van der Waals surface area contributed by atoms with Gasteiger partial charge in [-0.05, 0) is 46.1 Å². The van der Waals surface area contributed by atoms with Crippen molar-refractivity contribution in [3.8, 4) is 0 Å². The van der Waals surface area contributed by atoms with E-state index in [4.69, 9.17) is 4.74 Å². The zero-order chi connectivity index (χ0) is 24.2. The highest BCUT2D eigenvalue weighted by Gasteiger charge is 2.50. The number of carboxylic acids is 1. The van der Waals surface area contributed by atoms with Gasteiger partial charge < -0.3 is 19.7 Å². The second-order valence-electron chi connectivity index (χ2n) is 9.56. The standard InChI is InChI=1S/C24H32N4O5/c1-23(2,3)33-22(32)28-12-8-11-24(28,4)21(31)27(15-17-9-6-5-7-10-17)19(20(29)30)13-18-14-25-16-26-18/h5-7,9-10,14,16,19H,8,11-13,15H2,1-4H3,(H,25,26)(H,29,30)/t19?,24-/m0/s1. The van der Waals surface area contributed by atoms with Crippen LogP contribution >= 0.6 is 0 Å². The number of imidazole rings is 1. The average Bonchev–Trinajstić information content (AvgIpc) is 3.39. The highest BCUT2D eigenvalue weighted by atomic mass is 16.6. The number of carbonyl (C=O) groups excluding carboxylic acids is 2. The molecular formula is C24H32N4O5. The zero-order valence-corrected chi connectivity index (χ0v) is 19.6. The number of nitrogens with one attached hydrogen (secondary N) is 1. The Hall–Kier alpha value is -3.36. The third kappa shape index (κ3) is 5.71. The Morgan fingerprint density at radius 3 is 2.55 bits per heavy atom. The van der Waals surface area contributed by atoms with Crippen molar-refractivity contribution in [2.45, 2.75) is 70.7 Å². The summed E-state index contributed by atoms with van der Waals surface area (Å²) in [4.78, 5) is 49.0. The lowest BCUT2D eigenvalue weighted by Crippen LogP contribution is -2.60. The van der Waals surface area contributed by atoms with Crippen LogP contribution in [0.1, 0.15) is 51.8 Å². The number of nitrogens with zero attached hydrogens (tertiary/aromatic N) is 3. The van der Waals surface area contributed by atoms with Crippen LogP contribution in [0.5, 0.6) is 0 Å². The van der Waals surface area contributed by atoms with E-state index in [0.717, 1.165) is 5.56 Å². The van der Waals surface area contributed by atoms with E-state index in [9.17, 15) is 19.5 Å². The zero-order valence-electron chi connectivity index (χ0n) is 19.6. The second-order valence-corrected chi connectivity index (χ2v) is 9.56. The van der Waals surface area contributed by atoms with Gasteiger partial charge in [0.2, 0.25) is 5.91 Å². The van der Waals surface area contributed by atoms with E-state index in [2.05, 4.69) is 9.97 Å². The Balaban J connectivity index is 1.96. The minimum Gasteiger partial charge on any atom is -0.480 e. The summed E-state index contributed by atoms with van der Waals surface area (Å²) >= 11 is 0. The van der Waals surface area contributed by atoms with Gasteiger partial charge in [-0.25, -0.2) is 14.6 Å². The number of carboxylic acid groups (broad SMARTS) is 1. The van der Waals surface area contributed by atoms with Gasteiger partial charge in [-0.1, -0.05) is 30.3 Å². The maximum atomic E-state index is 14.0. The molecule has 0 saturated carbocycles. The van der Waals surface area contributed by atoms with Crippen LogP contribution in [0.2, 0.25) is 0 Å². The molecule has 1 fully saturated rings. The van der Waals surface area contributed by atoms with Gasteiger partial charge in [0.1, 0.15) is 17.2 Å². The molecule has 0 spiro atoms. The molecule has 178 valence electrons. The summed E-state index contributed by atoms with van der Waals surface area (Å²) in [6.07, 6.45) is 3.56. The van der Waals surface area contributed by atoms with Crippen molar-refractivity contribution < 1.29 is 24.2 Å². The predicted octanol–water partition coefficient (Wildman–Crippen LogP) is 3.22. The number of aromatic nitrogens is 2. The van der Waals surface area contributed by atoms with E-state index in [1.54, 1.807) is 33.9 Å². The van der Waals surface area contributed by atoms with Crippen LogP contribution in [0, 0.1) is 0 Å². The Bertz CT molecular complexity index is 970. The summed E-state index contributed by atoms with van der Waals surface area (Å²) < 4.78 is 5.55. The molecule has 2 N–H and O–H groups in total. The number of aromatic amines is 1. The molecule has 2 aromatic rings. The van der Waals surface area contributed by atoms with E-state index >= 15 is 0 Å². The lowest BCUT2D eigenvalue weighted by atomic mass is 9.94. The number of H-pyrrole nitrogens is 1. The SMILES string of the molecule is CC(C)(C)OC(=O)N1CCC[C@@]1(C)C(=O)N(Cc1ccccc1)C(Cc1cnc[nH]1)C(=O)O. The van der Waals surface area contributed by atoms with Crippen molar-refractivity contribution >= 4 is 18.0 Å². The fourth-order valence-corrected chi connectivity index (χ4v) is 4.14. The Kier molecular flexibility index (Phi) is 7.09. The van der Waals surface area contributed by atoms with E-state index in [1.165, 1.54) is 16.1 Å². The first-order valence-electron chi connectivity index (χ1n) is 11.1. The minimum atomic E-state index is -1.21. The molecule has 2 atom stereocenters. The molecular weight excluding hydrogens is 424 g/mol. The number of benzene rings is 1. The quantitative estimate of drug-likeness (QED) is 0.661.